The molecule has 3 fully saturated rings. The first-order valence-electron chi connectivity index (χ1n) is 11.7. The summed E-state index contributed by atoms with van der Waals surface area (Å²) in [5, 5.41) is 3.19. The van der Waals surface area contributed by atoms with Crippen LogP contribution >= 0.6 is 11.3 Å². The summed E-state index contributed by atoms with van der Waals surface area (Å²) in [6.07, 6.45) is 9.62. The number of ketones is 1. The van der Waals surface area contributed by atoms with Crippen LogP contribution in [0.2, 0.25) is 0 Å². The van der Waals surface area contributed by atoms with Gasteiger partial charge in [-0.1, -0.05) is 19.1 Å². The predicted octanol–water partition coefficient (Wildman–Crippen LogP) is 4.91. The molecule has 8 heteroatoms. The maximum Gasteiger partial charge on any atom is 0.257 e. The van der Waals surface area contributed by atoms with Crippen LogP contribution in [0.3, 0.4) is 0 Å². The largest absolute Gasteiger partial charge is 0.300 e. The lowest BCUT2D eigenvalue weighted by Crippen LogP contribution is -2.15. The van der Waals surface area contributed by atoms with Crippen molar-refractivity contribution >= 4 is 43.6 Å². The van der Waals surface area contributed by atoms with Gasteiger partial charge in [0.25, 0.3) is 5.91 Å². The van der Waals surface area contributed by atoms with Gasteiger partial charge in [-0.15, -0.1) is 11.3 Å². The van der Waals surface area contributed by atoms with Crippen LogP contribution in [0.25, 0.3) is 5.57 Å². The first-order valence-corrected chi connectivity index (χ1v) is 14.1. The highest BCUT2D eigenvalue weighted by Crippen LogP contribution is 2.46. The predicted molar refractivity (Wildman–Crippen MR) is 129 cm³/mol. The van der Waals surface area contributed by atoms with Gasteiger partial charge in [-0.25, -0.2) is 13.4 Å². The Morgan fingerprint density at radius 3 is 2.61 bits per heavy atom. The van der Waals surface area contributed by atoms with Gasteiger partial charge in [-0.3, -0.25) is 14.9 Å². The van der Waals surface area contributed by atoms with E-state index in [0.717, 1.165) is 49.0 Å². The van der Waals surface area contributed by atoms with Gasteiger partial charge < -0.3 is 0 Å². The van der Waals surface area contributed by atoms with Crippen LogP contribution in [0, 0.1) is 5.92 Å². The number of aromatic nitrogens is 1. The number of allylic oxidation sites excluding steroid dienone is 1. The summed E-state index contributed by atoms with van der Waals surface area (Å²) in [5.74, 6) is 0.191. The van der Waals surface area contributed by atoms with Crippen LogP contribution in [0.4, 0.5) is 5.13 Å². The molecule has 0 radical (unpaired) electrons. The average Bonchev–Trinajstić information content (AvgIpc) is 3.72. The first-order chi connectivity index (χ1) is 15.8. The quantitative estimate of drug-likeness (QED) is 0.538. The zero-order valence-electron chi connectivity index (χ0n) is 18.7. The SMILES string of the molecule is CCc1cnc(NC(=O)/C(=C/[C@H]2CCC(=O)C2)c2ccc(S(=O)(=O)C3CC3)c(C3CC3)c2)s1. The number of hydrogen-bond donors (Lipinski definition) is 1. The van der Waals surface area contributed by atoms with E-state index in [9.17, 15) is 18.0 Å². The molecule has 3 aliphatic carbocycles. The lowest BCUT2D eigenvalue weighted by molar-refractivity contribution is -0.117. The molecular formula is C25H28N2O4S2. The maximum atomic E-state index is 13.4. The van der Waals surface area contributed by atoms with Crippen molar-refractivity contribution in [3.05, 3.63) is 46.5 Å². The molecule has 1 heterocycles. The third-order valence-electron chi connectivity index (χ3n) is 6.66. The molecule has 174 valence electrons. The van der Waals surface area contributed by atoms with Crippen LogP contribution in [-0.4, -0.2) is 30.3 Å². The van der Waals surface area contributed by atoms with Crippen LogP contribution in [0.5, 0.6) is 0 Å². The smallest absolute Gasteiger partial charge is 0.257 e. The lowest BCUT2D eigenvalue weighted by Gasteiger charge is -2.15. The number of amides is 1. The van der Waals surface area contributed by atoms with E-state index in [1.54, 1.807) is 18.3 Å². The molecule has 3 aliphatic rings. The minimum absolute atomic E-state index is 0.0139. The van der Waals surface area contributed by atoms with E-state index in [4.69, 9.17) is 0 Å². The number of rotatable bonds is 8. The molecular weight excluding hydrogens is 456 g/mol. The van der Waals surface area contributed by atoms with Gasteiger partial charge in [0.1, 0.15) is 5.78 Å². The lowest BCUT2D eigenvalue weighted by atomic mass is 9.96. The number of benzene rings is 1. The zero-order valence-corrected chi connectivity index (χ0v) is 20.3. The van der Waals surface area contributed by atoms with Gasteiger partial charge in [-0.2, -0.15) is 0 Å². The van der Waals surface area contributed by atoms with Crippen molar-refractivity contribution in [3.8, 4) is 0 Å². The molecule has 0 unspecified atom stereocenters. The Labute approximate surface area is 198 Å². The number of Topliss-reactive ketones (excluding diaryl/α,β-unsaturated/α-hetero) is 1. The van der Waals surface area contributed by atoms with E-state index in [0.29, 0.717) is 34.0 Å². The van der Waals surface area contributed by atoms with Crippen LogP contribution in [-0.2, 0) is 25.8 Å². The molecule has 0 bridgehead atoms. The van der Waals surface area contributed by atoms with E-state index in [1.807, 2.05) is 19.1 Å². The van der Waals surface area contributed by atoms with Gasteiger partial charge in [0.15, 0.2) is 15.0 Å². The number of carbonyl (C=O) groups is 2. The summed E-state index contributed by atoms with van der Waals surface area (Å²) in [6.45, 7) is 2.04. The Bertz CT molecular complexity index is 1240. The van der Waals surface area contributed by atoms with Gasteiger partial charge >= 0.3 is 0 Å². The summed E-state index contributed by atoms with van der Waals surface area (Å²) in [6, 6.07) is 5.34. The van der Waals surface area contributed by atoms with Gasteiger partial charge in [0.05, 0.1) is 10.1 Å². The number of thiazole rings is 1. The van der Waals surface area contributed by atoms with E-state index in [2.05, 4.69) is 10.3 Å². The minimum atomic E-state index is -3.32. The molecule has 1 amide bonds. The Hall–Kier alpha value is -2.32. The van der Waals surface area contributed by atoms with Crippen molar-refractivity contribution in [1.29, 1.82) is 0 Å². The fraction of sp³-hybridized carbons (Fsp3) is 0.480. The summed E-state index contributed by atoms with van der Waals surface area (Å²) >= 11 is 1.45. The second-order valence-electron chi connectivity index (χ2n) is 9.33. The second kappa shape index (κ2) is 8.80. The summed E-state index contributed by atoms with van der Waals surface area (Å²) in [7, 11) is -3.32. The summed E-state index contributed by atoms with van der Waals surface area (Å²) in [4.78, 5) is 31.0. The molecule has 1 N–H and O–H groups in total. The number of nitrogens with zero attached hydrogens (tertiary/aromatic N) is 1. The van der Waals surface area contributed by atoms with Gasteiger partial charge in [0.2, 0.25) is 0 Å². The fourth-order valence-corrected chi connectivity index (χ4v) is 7.14. The highest BCUT2D eigenvalue weighted by atomic mass is 32.2. The fourth-order valence-electron chi connectivity index (χ4n) is 4.46. The molecule has 5 rings (SSSR count). The standard InChI is InChI=1S/C25H28N2O4S2/c1-2-19-14-26-25(32-19)27-24(29)22(12-15-3-7-18(28)11-15)17-6-10-23(21(13-17)16-4-5-16)33(30,31)20-8-9-20/h6,10,12-16,20H,2-5,7-9,11H2,1H3,(H,26,27,29)/b22-12+/t15-/m0/s1. The van der Waals surface area contributed by atoms with Gasteiger partial charge in [-0.05, 0) is 73.6 Å². The van der Waals surface area contributed by atoms with Crippen molar-refractivity contribution in [2.45, 2.75) is 74.4 Å². The average molecular weight is 485 g/mol. The monoisotopic (exact) mass is 484 g/mol. The Kier molecular flexibility index (Phi) is 5.99. The van der Waals surface area contributed by atoms with Crippen LogP contribution in [0.1, 0.15) is 73.8 Å². The van der Waals surface area contributed by atoms with Crippen molar-refractivity contribution in [2.24, 2.45) is 5.92 Å². The Balaban J connectivity index is 1.51. The molecule has 1 aromatic carbocycles. The number of carbonyl (C=O) groups excluding carboxylic acids is 2. The van der Waals surface area contributed by atoms with Crippen molar-refractivity contribution in [2.75, 3.05) is 5.32 Å². The third-order valence-corrected chi connectivity index (χ3v) is 10.1. The zero-order chi connectivity index (χ0) is 23.2. The van der Waals surface area contributed by atoms with Crippen LogP contribution in [0.15, 0.2) is 35.4 Å². The maximum absolute atomic E-state index is 13.4. The minimum Gasteiger partial charge on any atom is -0.300 e. The molecule has 1 atom stereocenters. The Morgan fingerprint density at radius 1 is 1.21 bits per heavy atom. The van der Waals surface area contributed by atoms with Crippen molar-refractivity contribution in [1.82, 2.24) is 4.98 Å². The Morgan fingerprint density at radius 2 is 2.00 bits per heavy atom. The van der Waals surface area contributed by atoms with E-state index in [-0.39, 0.29) is 28.8 Å². The molecule has 1 aromatic heterocycles. The number of sulfone groups is 1. The highest BCUT2D eigenvalue weighted by molar-refractivity contribution is 7.92. The summed E-state index contributed by atoms with van der Waals surface area (Å²) in [5.41, 5.74) is 2.03. The number of anilines is 1. The van der Waals surface area contributed by atoms with Crippen molar-refractivity contribution in [3.63, 3.8) is 0 Å². The first kappa shape index (κ1) is 22.5. The topological polar surface area (TPSA) is 93.2 Å². The van der Waals surface area contributed by atoms with E-state index < -0.39 is 9.84 Å². The second-order valence-corrected chi connectivity index (χ2v) is 12.6. The highest BCUT2D eigenvalue weighted by Gasteiger charge is 2.40. The molecule has 3 saturated carbocycles. The van der Waals surface area contributed by atoms with Crippen LogP contribution < -0.4 is 5.32 Å². The summed E-state index contributed by atoms with van der Waals surface area (Å²) < 4.78 is 26.0. The molecule has 0 spiro atoms. The number of nitrogens with one attached hydrogen (secondary N) is 1. The number of aryl methyl sites for hydroxylation is 1. The van der Waals surface area contributed by atoms with Crippen molar-refractivity contribution < 1.29 is 18.0 Å². The molecule has 0 saturated heterocycles. The molecule has 6 nitrogen and oxygen atoms in total. The van der Waals surface area contributed by atoms with Gasteiger partial charge in [0, 0.05) is 29.5 Å². The normalized spacial score (nSPS) is 21.4. The molecule has 2 aromatic rings. The van der Waals surface area contributed by atoms with E-state index >= 15 is 0 Å². The molecule has 33 heavy (non-hydrogen) atoms. The van der Waals surface area contributed by atoms with E-state index in [1.165, 1.54) is 11.3 Å². The number of hydrogen-bond acceptors (Lipinski definition) is 6. The third kappa shape index (κ3) is 4.82. The molecule has 0 aliphatic heterocycles.